The number of ether oxygens (including phenoxy) is 2. The Bertz CT molecular complexity index is 587. The Morgan fingerprint density at radius 3 is 2.60 bits per heavy atom. The molecule has 7 heteroatoms. The number of carbonyl (C=O) groups excluding carboxylic acids is 1. The first-order valence-corrected chi connectivity index (χ1v) is 9.29. The second-order valence-corrected chi connectivity index (χ2v) is 7.33. The summed E-state index contributed by atoms with van der Waals surface area (Å²) in [5.74, 6) is -0.933. The van der Waals surface area contributed by atoms with Crippen LogP contribution in [0.15, 0.2) is 29.2 Å². The molecule has 0 aromatic heterocycles. The SMILES string of the molecule is COCCOC1CCN(C(=O)c2ccccc2SC(C)C(=O)O)CC1. The third kappa shape index (κ3) is 5.73. The van der Waals surface area contributed by atoms with Crippen LogP contribution >= 0.6 is 11.8 Å². The molecule has 138 valence electrons. The predicted molar refractivity (Wildman–Crippen MR) is 96.2 cm³/mol. The average molecular weight is 367 g/mol. The van der Waals surface area contributed by atoms with E-state index in [1.807, 2.05) is 17.0 Å². The number of methoxy groups -OCH3 is 1. The minimum Gasteiger partial charge on any atom is -0.480 e. The van der Waals surface area contributed by atoms with E-state index in [1.165, 1.54) is 11.8 Å². The number of hydrogen-bond donors (Lipinski definition) is 1. The van der Waals surface area contributed by atoms with Crippen LogP contribution < -0.4 is 0 Å². The summed E-state index contributed by atoms with van der Waals surface area (Å²) < 4.78 is 10.7. The minimum atomic E-state index is -0.888. The van der Waals surface area contributed by atoms with Gasteiger partial charge in [0.1, 0.15) is 5.25 Å². The van der Waals surface area contributed by atoms with Crippen LogP contribution in [-0.2, 0) is 14.3 Å². The fourth-order valence-corrected chi connectivity index (χ4v) is 3.60. The largest absolute Gasteiger partial charge is 0.480 e. The number of piperidine rings is 1. The van der Waals surface area contributed by atoms with E-state index < -0.39 is 11.2 Å². The second kappa shape index (κ2) is 9.79. The Labute approximate surface area is 152 Å². The molecular weight excluding hydrogens is 342 g/mol. The van der Waals surface area contributed by atoms with E-state index in [9.17, 15) is 9.59 Å². The van der Waals surface area contributed by atoms with Crippen LogP contribution in [0.25, 0.3) is 0 Å². The molecule has 2 rings (SSSR count). The molecule has 0 bridgehead atoms. The highest BCUT2D eigenvalue weighted by atomic mass is 32.2. The van der Waals surface area contributed by atoms with Crippen molar-refractivity contribution in [2.24, 2.45) is 0 Å². The first-order chi connectivity index (χ1) is 12.0. The summed E-state index contributed by atoms with van der Waals surface area (Å²) in [5, 5.41) is 8.50. The van der Waals surface area contributed by atoms with E-state index >= 15 is 0 Å². The van der Waals surface area contributed by atoms with Gasteiger partial charge in [-0.1, -0.05) is 12.1 Å². The lowest BCUT2D eigenvalue weighted by atomic mass is 10.1. The summed E-state index contributed by atoms with van der Waals surface area (Å²) in [4.78, 5) is 26.5. The topological polar surface area (TPSA) is 76.1 Å². The smallest absolute Gasteiger partial charge is 0.316 e. The molecule has 1 aliphatic rings. The number of thioether (sulfide) groups is 1. The minimum absolute atomic E-state index is 0.0453. The third-order valence-corrected chi connectivity index (χ3v) is 5.30. The number of carboxylic acid groups (broad SMARTS) is 1. The quantitative estimate of drug-likeness (QED) is 0.562. The van der Waals surface area contributed by atoms with Crippen molar-refractivity contribution >= 4 is 23.6 Å². The number of hydrogen-bond acceptors (Lipinski definition) is 5. The average Bonchev–Trinajstić information content (AvgIpc) is 2.62. The standard InChI is InChI=1S/C18H25NO5S/c1-13(18(21)22)25-16-6-4-3-5-15(16)17(20)19-9-7-14(8-10-19)24-12-11-23-2/h3-6,13-14H,7-12H2,1-2H3,(H,21,22). The highest BCUT2D eigenvalue weighted by Crippen LogP contribution is 2.28. The van der Waals surface area contributed by atoms with Gasteiger partial charge in [0.25, 0.3) is 5.91 Å². The molecule has 0 radical (unpaired) electrons. The fraction of sp³-hybridized carbons (Fsp3) is 0.556. The van der Waals surface area contributed by atoms with Crippen molar-refractivity contribution in [2.45, 2.75) is 36.0 Å². The predicted octanol–water partition coefficient (Wildman–Crippen LogP) is 2.52. The molecule has 6 nitrogen and oxygen atoms in total. The van der Waals surface area contributed by atoms with Gasteiger partial charge in [-0.05, 0) is 31.9 Å². The Morgan fingerprint density at radius 1 is 1.28 bits per heavy atom. The zero-order valence-corrected chi connectivity index (χ0v) is 15.5. The van der Waals surface area contributed by atoms with Gasteiger partial charge in [0.15, 0.2) is 0 Å². The number of nitrogens with zero attached hydrogens (tertiary/aromatic N) is 1. The summed E-state index contributed by atoms with van der Waals surface area (Å²) in [7, 11) is 1.64. The summed E-state index contributed by atoms with van der Waals surface area (Å²) in [6.07, 6.45) is 1.77. The van der Waals surface area contributed by atoms with Gasteiger partial charge in [0.2, 0.25) is 0 Å². The maximum absolute atomic E-state index is 12.8. The van der Waals surface area contributed by atoms with Crippen LogP contribution in [0, 0.1) is 0 Å². The molecule has 1 amide bonds. The van der Waals surface area contributed by atoms with Crippen LogP contribution in [0.5, 0.6) is 0 Å². The summed E-state index contributed by atoms with van der Waals surface area (Å²) in [5.41, 5.74) is 0.569. The molecule has 0 aliphatic carbocycles. The van der Waals surface area contributed by atoms with Crippen LogP contribution in [0.2, 0.25) is 0 Å². The Hall–Kier alpha value is -1.57. The molecule has 1 unspecified atom stereocenters. The highest BCUT2D eigenvalue weighted by Gasteiger charge is 2.26. The van der Waals surface area contributed by atoms with Crippen LogP contribution in [0.3, 0.4) is 0 Å². The lowest BCUT2D eigenvalue weighted by Gasteiger charge is -2.32. The van der Waals surface area contributed by atoms with E-state index in [0.29, 0.717) is 36.8 Å². The van der Waals surface area contributed by atoms with Gasteiger partial charge in [0.05, 0.1) is 24.9 Å². The van der Waals surface area contributed by atoms with E-state index in [1.54, 1.807) is 26.2 Å². The number of rotatable bonds is 8. The molecule has 1 heterocycles. The first-order valence-electron chi connectivity index (χ1n) is 8.41. The van der Waals surface area contributed by atoms with Crippen molar-refractivity contribution in [2.75, 3.05) is 33.4 Å². The zero-order valence-electron chi connectivity index (χ0n) is 14.6. The van der Waals surface area contributed by atoms with Gasteiger partial charge in [-0.2, -0.15) is 0 Å². The molecule has 1 fully saturated rings. The van der Waals surface area contributed by atoms with E-state index in [2.05, 4.69) is 0 Å². The van der Waals surface area contributed by atoms with Crippen molar-refractivity contribution in [3.05, 3.63) is 29.8 Å². The van der Waals surface area contributed by atoms with E-state index in [4.69, 9.17) is 14.6 Å². The third-order valence-electron chi connectivity index (χ3n) is 4.14. The lowest BCUT2D eigenvalue weighted by Crippen LogP contribution is -2.41. The zero-order chi connectivity index (χ0) is 18.2. The van der Waals surface area contributed by atoms with Gasteiger partial charge in [0, 0.05) is 25.1 Å². The maximum Gasteiger partial charge on any atom is 0.316 e. The van der Waals surface area contributed by atoms with Gasteiger partial charge in [-0.3, -0.25) is 9.59 Å². The molecule has 25 heavy (non-hydrogen) atoms. The van der Waals surface area contributed by atoms with Crippen molar-refractivity contribution < 1.29 is 24.2 Å². The fourth-order valence-electron chi connectivity index (χ4n) is 2.68. The number of amides is 1. The van der Waals surface area contributed by atoms with Gasteiger partial charge < -0.3 is 19.5 Å². The normalized spacial score (nSPS) is 16.6. The Balaban J connectivity index is 1.96. The number of benzene rings is 1. The van der Waals surface area contributed by atoms with Crippen molar-refractivity contribution in [3.8, 4) is 0 Å². The monoisotopic (exact) mass is 367 g/mol. The van der Waals surface area contributed by atoms with Crippen molar-refractivity contribution in [1.82, 2.24) is 4.90 Å². The second-order valence-electron chi connectivity index (χ2n) is 5.95. The molecule has 0 saturated carbocycles. The van der Waals surface area contributed by atoms with Crippen LogP contribution in [0.1, 0.15) is 30.1 Å². The molecular formula is C18H25NO5S. The number of carbonyl (C=O) groups is 2. The molecule has 1 aliphatic heterocycles. The Kier molecular flexibility index (Phi) is 7.74. The number of likely N-dealkylation sites (tertiary alicyclic amines) is 1. The summed E-state index contributed by atoms with van der Waals surface area (Å²) >= 11 is 1.20. The van der Waals surface area contributed by atoms with Crippen molar-refractivity contribution in [3.63, 3.8) is 0 Å². The van der Waals surface area contributed by atoms with Gasteiger partial charge >= 0.3 is 5.97 Å². The highest BCUT2D eigenvalue weighted by molar-refractivity contribution is 8.00. The van der Waals surface area contributed by atoms with Crippen LogP contribution in [-0.4, -0.2) is 66.6 Å². The lowest BCUT2D eigenvalue weighted by molar-refractivity contribution is -0.136. The summed E-state index contributed by atoms with van der Waals surface area (Å²) in [6, 6.07) is 7.20. The van der Waals surface area contributed by atoms with Gasteiger partial charge in [-0.15, -0.1) is 11.8 Å². The molecule has 1 atom stereocenters. The molecule has 1 saturated heterocycles. The van der Waals surface area contributed by atoms with E-state index in [0.717, 1.165) is 12.8 Å². The number of aliphatic carboxylic acids is 1. The molecule has 1 aromatic rings. The number of carboxylic acids is 1. The van der Waals surface area contributed by atoms with Gasteiger partial charge in [-0.25, -0.2) is 0 Å². The van der Waals surface area contributed by atoms with E-state index in [-0.39, 0.29) is 12.0 Å². The molecule has 1 N–H and O–H groups in total. The summed E-state index contributed by atoms with van der Waals surface area (Å²) in [6.45, 7) is 4.05. The molecule has 1 aromatic carbocycles. The maximum atomic E-state index is 12.8. The first kappa shape index (κ1) is 19.8. The molecule has 0 spiro atoms. The van der Waals surface area contributed by atoms with Crippen LogP contribution in [0.4, 0.5) is 0 Å². The van der Waals surface area contributed by atoms with Crippen molar-refractivity contribution in [1.29, 1.82) is 0 Å². The Morgan fingerprint density at radius 2 is 1.96 bits per heavy atom.